The van der Waals surface area contributed by atoms with Gasteiger partial charge in [-0.3, -0.25) is 9.69 Å². The Bertz CT molecular complexity index is 2340. The number of ether oxygens (including phenoxy) is 9. The van der Waals surface area contributed by atoms with Gasteiger partial charge in [-0.1, -0.05) is 53.5 Å². The molecule has 3 aromatic carbocycles. The molecule has 10 atom stereocenters. The highest BCUT2D eigenvalue weighted by Crippen LogP contribution is 2.66. The number of halogens is 2. The van der Waals surface area contributed by atoms with Crippen molar-refractivity contribution in [2.45, 2.75) is 144 Å². The summed E-state index contributed by atoms with van der Waals surface area (Å²) >= 11 is 12.9. The van der Waals surface area contributed by atoms with Gasteiger partial charge in [-0.05, 0) is 114 Å². The van der Waals surface area contributed by atoms with Crippen molar-refractivity contribution in [3.8, 4) is 11.5 Å². The van der Waals surface area contributed by atoms with E-state index in [1.165, 1.54) is 12.8 Å². The summed E-state index contributed by atoms with van der Waals surface area (Å²) in [5.74, 6) is -1.51. The molecule has 342 valence electrons. The van der Waals surface area contributed by atoms with Gasteiger partial charge in [0.15, 0.2) is 29.4 Å². The molecule has 3 aliphatic carbocycles. The summed E-state index contributed by atoms with van der Waals surface area (Å²) in [5.41, 5.74) is 1.66. The van der Waals surface area contributed by atoms with Crippen LogP contribution in [0.25, 0.3) is 0 Å². The number of aliphatic hydroxyl groups is 1. The van der Waals surface area contributed by atoms with Gasteiger partial charge in [0.2, 0.25) is 0 Å². The van der Waals surface area contributed by atoms with Crippen LogP contribution in [0.1, 0.15) is 76.5 Å². The maximum atomic E-state index is 14.0. The molecule has 64 heavy (non-hydrogen) atoms. The first-order valence-electron chi connectivity index (χ1n) is 22.5. The molecular formula is C48H54Cl2N2O12. The Morgan fingerprint density at radius 1 is 0.906 bits per heavy atom. The fourth-order valence-corrected chi connectivity index (χ4v) is 12.2. The highest BCUT2D eigenvalue weighted by atomic mass is 35.5. The minimum atomic E-state index is -1.18. The van der Waals surface area contributed by atoms with Gasteiger partial charge in [0.1, 0.15) is 43.2 Å². The van der Waals surface area contributed by atoms with Crippen molar-refractivity contribution in [1.29, 1.82) is 0 Å². The summed E-state index contributed by atoms with van der Waals surface area (Å²) in [7, 11) is 0. The molecule has 5 aliphatic heterocycles. The molecule has 16 heteroatoms. The molecule has 2 saturated carbocycles. The van der Waals surface area contributed by atoms with E-state index in [0.29, 0.717) is 64.3 Å². The third-order valence-electron chi connectivity index (χ3n) is 14.6. The van der Waals surface area contributed by atoms with Crippen LogP contribution in [0.15, 0.2) is 54.6 Å². The van der Waals surface area contributed by atoms with Crippen molar-refractivity contribution in [2.24, 2.45) is 5.92 Å². The Hall–Kier alpha value is -3.54. The van der Waals surface area contributed by atoms with E-state index in [1.54, 1.807) is 38.1 Å². The number of hydrogen-bond acceptors (Lipinski definition) is 14. The van der Waals surface area contributed by atoms with Crippen LogP contribution in [-0.4, -0.2) is 114 Å². The van der Waals surface area contributed by atoms with Gasteiger partial charge in [-0.2, -0.15) is 0 Å². The number of anilines is 2. The molecule has 4 saturated heterocycles. The third kappa shape index (κ3) is 7.31. The van der Waals surface area contributed by atoms with Crippen LogP contribution < -0.4 is 14.8 Å². The lowest BCUT2D eigenvalue weighted by Gasteiger charge is -2.63. The van der Waals surface area contributed by atoms with E-state index in [4.69, 9.17) is 65.8 Å². The maximum Gasteiger partial charge on any atom is 0.332 e. The Balaban J connectivity index is 0.850. The number of nitrogens with zero attached hydrogens (tertiary/aromatic N) is 1. The van der Waals surface area contributed by atoms with Crippen molar-refractivity contribution < 1.29 is 57.3 Å². The largest absolute Gasteiger partial charge is 0.481 e. The van der Waals surface area contributed by atoms with E-state index in [-0.39, 0.29) is 24.8 Å². The van der Waals surface area contributed by atoms with Crippen LogP contribution in [0.3, 0.4) is 0 Å². The zero-order chi connectivity index (χ0) is 44.3. The highest BCUT2D eigenvalue weighted by molar-refractivity contribution is 6.39. The van der Waals surface area contributed by atoms with E-state index in [1.807, 2.05) is 44.2 Å². The molecule has 3 aromatic rings. The van der Waals surface area contributed by atoms with Crippen molar-refractivity contribution in [1.82, 2.24) is 4.90 Å². The lowest BCUT2D eigenvalue weighted by molar-refractivity contribution is -0.237. The molecule has 6 fully saturated rings. The fourth-order valence-electron chi connectivity index (χ4n) is 11.7. The van der Waals surface area contributed by atoms with Gasteiger partial charge in [0, 0.05) is 23.8 Å². The van der Waals surface area contributed by atoms with E-state index in [0.717, 1.165) is 24.2 Å². The molecule has 11 rings (SSSR count). The summed E-state index contributed by atoms with van der Waals surface area (Å²) in [6.07, 6.45) is -0.296. The molecule has 2 bridgehead atoms. The number of likely N-dealkylation sites (tertiary alicyclic amines) is 1. The Kier molecular flexibility index (Phi) is 10.6. The topological polar surface area (TPSA) is 153 Å². The molecule has 0 aromatic heterocycles. The number of rotatable bonds is 12. The number of carbonyl (C=O) groups excluding carboxylic acids is 2. The summed E-state index contributed by atoms with van der Waals surface area (Å²) in [5, 5.41) is 17.4. The number of nitrogens with one attached hydrogen (secondary N) is 1. The number of carbonyl (C=O) groups is 2. The number of esters is 2. The molecule has 7 unspecified atom stereocenters. The van der Waals surface area contributed by atoms with Gasteiger partial charge < -0.3 is 53.1 Å². The van der Waals surface area contributed by atoms with E-state index in [9.17, 15) is 14.7 Å². The minimum Gasteiger partial charge on any atom is -0.481 e. The number of para-hydroxylation sites is 2. The zero-order valence-electron chi connectivity index (χ0n) is 36.3. The van der Waals surface area contributed by atoms with Crippen molar-refractivity contribution >= 4 is 46.5 Å². The van der Waals surface area contributed by atoms with Crippen LogP contribution in [0.5, 0.6) is 11.5 Å². The van der Waals surface area contributed by atoms with E-state index < -0.39 is 84.0 Å². The van der Waals surface area contributed by atoms with Crippen molar-refractivity contribution in [3.63, 3.8) is 0 Å². The first kappa shape index (κ1) is 43.1. The molecule has 0 radical (unpaired) electrons. The van der Waals surface area contributed by atoms with Gasteiger partial charge in [-0.15, -0.1) is 0 Å². The summed E-state index contributed by atoms with van der Waals surface area (Å²) in [6, 6.07) is 16.3. The molecule has 5 heterocycles. The second kappa shape index (κ2) is 15.8. The average Bonchev–Trinajstić information content (AvgIpc) is 3.59. The summed E-state index contributed by atoms with van der Waals surface area (Å²) in [6.45, 7) is 8.85. The molecule has 2 N–H and O–H groups in total. The van der Waals surface area contributed by atoms with Crippen molar-refractivity contribution in [3.05, 3.63) is 81.3 Å². The predicted molar refractivity (Wildman–Crippen MR) is 232 cm³/mol. The standard InChI is InChI=1S/C48H54Cl2N2O12/c1-45(2)57-23-33(62-45)40-41(42-44(61-40)64-46(3,4)63-42)56-24-36(54)59-32-16-17-48(55)34-20-27-14-15-31(39-37(27)47(48,43(32)60-39)18-19-52(34)22-25-12-13-25)58-35(53)21-26-8-5-6-11-30(26)51-38-28(49)9-7-10-29(38)50/h5-11,14-15,25,32-34,40-44,51,55H,12-13,16-24H2,1-4H3/t32?,33?,34-,40?,41?,42?,43?,44?,47+,48-/m1/s1. The Morgan fingerprint density at radius 2 is 1.70 bits per heavy atom. The van der Waals surface area contributed by atoms with Crippen LogP contribution in [0.4, 0.5) is 11.4 Å². The second-order valence-electron chi connectivity index (χ2n) is 19.6. The van der Waals surface area contributed by atoms with Crippen LogP contribution in [0.2, 0.25) is 10.0 Å². The van der Waals surface area contributed by atoms with E-state index in [2.05, 4.69) is 10.2 Å². The number of fused-ring (bicyclic) bond motifs is 1. The van der Waals surface area contributed by atoms with Crippen molar-refractivity contribution in [2.75, 3.05) is 31.6 Å². The van der Waals surface area contributed by atoms with Gasteiger partial charge in [-0.25, -0.2) is 4.79 Å². The fraction of sp³-hybridized carbons (Fsp3) is 0.583. The zero-order valence-corrected chi connectivity index (χ0v) is 37.8. The van der Waals surface area contributed by atoms with Gasteiger partial charge in [0.25, 0.3) is 0 Å². The van der Waals surface area contributed by atoms with Gasteiger partial charge >= 0.3 is 11.9 Å². The van der Waals surface area contributed by atoms with Crippen LogP contribution in [0, 0.1) is 5.92 Å². The smallest absolute Gasteiger partial charge is 0.332 e. The molecule has 0 amide bonds. The monoisotopic (exact) mass is 920 g/mol. The highest BCUT2D eigenvalue weighted by Gasteiger charge is 2.74. The third-order valence-corrected chi connectivity index (χ3v) is 15.2. The first-order valence-corrected chi connectivity index (χ1v) is 23.3. The minimum absolute atomic E-state index is 0.0699. The lowest BCUT2D eigenvalue weighted by Crippen LogP contribution is -2.77. The van der Waals surface area contributed by atoms with Crippen LogP contribution >= 0.6 is 23.2 Å². The number of piperidine rings is 1. The summed E-state index contributed by atoms with van der Waals surface area (Å²) in [4.78, 5) is 30.4. The van der Waals surface area contributed by atoms with Crippen LogP contribution in [-0.2, 0) is 61.0 Å². The van der Waals surface area contributed by atoms with Gasteiger partial charge in [0.05, 0.1) is 39.8 Å². The number of benzene rings is 3. The molecular weight excluding hydrogens is 867 g/mol. The maximum absolute atomic E-state index is 14.0. The normalized spacial score (nSPS) is 35.0. The molecule has 14 nitrogen and oxygen atoms in total. The first-order chi connectivity index (χ1) is 30.6. The number of hydrogen-bond donors (Lipinski definition) is 2. The average molecular weight is 922 g/mol. The second-order valence-corrected chi connectivity index (χ2v) is 20.4. The van der Waals surface area contributed by atoms with E-state index >= 15 is 0 Å². The SMILES string of the molecule is CC1(C)OCC(C2OC3OC(C)(C)OC3C2OCC(=O)OC2CC[C@@]3(O)[C@H]4Cc5ccc(OC(=O)Cc6ccccc6Nc6c(Cl)cccc6Cl)c6c5[C@@]3(CCN4CC3CC3)C2O6)O1. The Morgan fingerprint density at radius 3 is 2.47 bits per heavy atom. The predicted octanol–water partition coefficient (Wildman–Crippen LogP) is 6.77. The lowest BCUT2D eigenvalue weighted by atomic mass is 9.48. The Labute approximate surface area is 382 Å². The summed E-state index contributed by atoms with van der Waals surface area (Å²) < 4.78 is 56.4. The molecule has 8 aliphatic rings. The quantitative estimate of drug-likeness (QED) is 0.145. The molecule has 1 spiro atoms.